The second kappa shape index (κ2) is 14.6. The van der Waals surface area contributed by atoms with E-state index in [1.54, 1.807) is 0 Å². The van der Waals surface area contributed by atoms with Crippen molar-refractivity contribution in [2.24, 2.45) is 5.92 Å². The van der Waals surface area contributed by atoms with Crippen LogP contribution in [0.25, 0.3) is 0 Å². The van der Waals surface area contributed by atoms with Crippen LogP contribution in [0.5, 0.6) is 0 Å². The van der Waals surface area contributed by atoms with Gasteiger partial charge in [0.25, 0.3) is 0 Å². The Bertz CT molecular complexity index is 198. The zero-order chi connectivity index (χ0) is 13.5. The topological polar surface area (TPSA) is 0 Å². The third-order valence-electron chi connectivity index (χ3n) is 3.77. The van der Waals surface area contributed by atoms with E-state index < -0.39 is 0 Å². The van der Waals surface area contributed by atoms with Crippen molar-refractivity contribution >= 4 is 0 Å². The van der Waals surface area contributed by atoms with Gasteiger partial charge < -0.3 is 0 Å². The number of hydrogen-bond donors (Lipinski definition) is 0. The summed E-state index contributed by atoms with van der Waals surface area (Å²) in [6, 6.07) is 0. The molecule has 0 N–H and O–H groups in total. The highest BCUT2D eigenvalue weighted by Crippen LogP contribution is 2.22. The second-order valence-corrected chi connectivity index (χ2v) is 5.55. The number of rotatable bonds is 13. The van der Waals surface area contributed by atoms with Gasteiger partial charge in [-0.3, -0.25) is 0 Å². The average Bonchev–Trinajstić information content (AvgIpc) is 2.39. The standard InChI is InChI=1S/C18H34/c1-4-7-9-10-11-12-13-14-17-18(15-6-3)16-8-5-2/h7,18H,1,5-6,8-17H2,2-3H3. The van der Waals surface area contributed by atoms with E-state index in [1.807, 2.05) is 0 Å². The molecule has 0 saturated heterocycles. The first-order valence-corrected chi connectivity index (χ1v) is 8.19. The molecule has 0 rings (SSSR count). The van der Waals surface area contributed by atoms with E-state index in [0.29, 0.717) is 0 Å². The first kappa shape index (κ1) is 17.5. The van der Waals surface area contributed by atoms with Crippen LogP contribution in [0.3, 0.4) is 0 Å². The molecule has 0 aromatic heterocycles. The maximum atomic E-state index is 3.59. The van der Waals surface area contributed by atoms with Gasteiger partial charge in [0.2, 0.25) is 0 Å². The molecule has 0 aliphatic carbocycles. The van der Waals surface area contributed by atoms with Gasteiger partial charge in [-0.15, -0.1) is 5.73 Å². The molecule has 0 spiro atoms. The highest BCUT2D eigenvalue weighted by atomic mass is 14.1. The summed E-state index contributed by atoms with van der Waals surface area (Å²) >= 11 is 0. The molecule has 0 fully saturated rings. The number of hydrogen-bond acceptors (Lipinski definition) is 0. The first-order valence-electron chi connectivity index (χ1n) is 8.19. The van der Waals surface area contributed by atoms with Crippen LogP contribution in [0.1, 0.15) is 90.9 Å². The third-order valence-corrected chi connectivity index (χ3v) is 3.77. The lowest BCUT2D eigenvalue weighted by molar-refractivity contribution is 0.383. The lowest BCUT2D eigenvalue weighted by Crippen LogP contribution is -2.00. The molecule has 0 heteroatoms. The van der Waals surface area contributed by atoms with Crippen molar-refractivity contribution in [1.82, 2.24) is 0 Å². The van der Waals surface area contributed by atoms with Crippen molar-refractivity contribution in [3.8, 4) is 0 Å². The minimum absolute atomic E-state index is 1.01. The van der Waals surface area contributed by atoms with Crippen molar-refractivity contribution in [2.45, 2.75) is 90.9 Å². The highest BCUT2D eigenvalue weighted by Gasteiger charge is 2.06. The average molecular weight is 250 g/mol. The summed E-state index contributed by atoms with van der Waals surface area (Å²) in [5.41, 5.74) is 2.84. The van der Waals surface area contributed by atoms with Crippen molar-refractivity contribution in [1.29, 1.82) is 0 Å². The van der Waals surface area contributed by atoms with Gasteiger partial charge in [-0.1, -0.05) is 84.6 Å². The summed E-state index contributed by atoms with van der Waals surface area (Å²) in [6.45, 7) is 8.22. The predicted octanol–water partition coefficient (Wildman–Crippen LogP) is 6.66. The molecule has 0 heterocycles. The summed E-state index contributed by atoms with van der Waals surface area (Å²) < 4.78 is 0. The highest BCUT2D eigenvalue weighted by molar-refractivity contribution is 4.74. The lowest BCUT2D eigenvalue weighted by atomic mass is 9.91. The van der Waals surface area contributed by atoms with Crippen LogP contribution in [0.4, 0.5) is 0 Å². The minimum Gasteiger partial charge on any atom is -0.133 e. The van der Waals surface area contributed by atoms with E-state index in [1.165, 1.54) is 77.0 Å². The van der Waals surface area contributed by atoms with E-state index in [2.05, 4.69) is 32.2 Å². The fourth-order valence-electron chi connectivity index (χ4n) is 2.65. The van der Waals surface area contributed by atoms with Gasteiger partial charge in [-0.05, 0) is 24.8 Å². The van der Waals surface area contributed by atoms with Gasteiger partial charge in [-0.25, -0.2) is 0 Å². The van der Waals surface area contributed by atoms with Crippen molar-refractivity contribution in [3.63, 3.8) is 0 Å². The molecule has 18 heavy (non-hydrogen) atoms. The third kappa shape index (κ3) is 12.0. The monoisotopic (exact) mass is 250 g/mol. The summed E-state index contributed by atoms with van der Waals surface area (Å²) in [5.74, 6) is 1.01. The van der Waals surface area contributed by atoms with Crippen LogP contribution in [-0.4, -0.2) is 0 Å². The molecule has 0 aliphatic rings. The first-order chi connectivity index (χ1) is 8.85. The summed E-state index contributed by atoms with van der Waals surface area (Å²) in [6.07, 6.45) is 18.8. The molecular weight excluding hydrogens is 216 g/mol. The summed E-state index contributed by atoms with van der Waals surface area (Å²) in [4.78, 5) is 0. The minimum atomic E-state index is 1.01. The van der Waals surface area contributed by atoms with E-state index in [9.17, 15) is 0 Å². The lowest BCUT2D eigenvalue weighted by Gasteiger charge is -2.15. The molecule has 0 radical (unpaired) electrons. The Balaban J connectivity index is 3.39. The molecular formula is C18H34. The molecule has 0 aliphatic heterocycles. The van der Waals surface area contributed by atoms with Crippen molar-refractivity contribution in [2.75, 3.05) is 0 Å². The fraction of sp³-hybridized carbons (Fsp3) is 0.833. The van der Waals surface area contributed by atoms with Gasteiger partial charge in [-0.2, -0.15) is 0 Å². The second-order valence-electron chi connectivity index (χ2n) is 5.55. The van der Waals surface area contributed by atoms with Gasteiger partial charge in [0, 0.05) is 0 Å². The Morgan fingerprint density at radius 3 is 2.17 bits per heavy atom. The molecule has 0 amide bonds. The summed E-state index contributed by atoms with van der Waals surface area (Å²) in [5, 5.41) is 0. The molecule has 106 valence electrons. The van der Waals surface area contributed by atoms with Crippen molar-refractivity contribution < 1.29 is 0 Å². The van der Waals surface area contributed by atoms with Crippen LogP contribution in [0, 0.1) is 5.92 Å². The number of allylic oxidation sites excluding steroid dienone is 1. The van der Waals surface area contributed by atoms with Gasteiger partial charge in [0.1, 0.15) is 0 Å². The molecule has 1 unspecified atom stereocenters. The van der Waals surface area contributed by atoms with Crippen molar-refractivity contribution in [3.05, 3.63) is 18.4 Å². The smallest absolute Gasteiger partial charge is 0.0275 e. The predicted molar refractivity (Wildman–Crippen MR) is 84.0 cm³/mol. The van der Waals surface area contributed by atoms with Crippen LogP contribution in [0.2, 0.25) is 0 Å². The molecule has 0 saturated carbocycles. The number of unbranched alkanes of at least 4 members (excludes halogenated alkanes) is 6. The maximum absolute atomic E-state index is 3.59. The Kier molecular flexibility index (Phi) is 14.2. The quantitative estimate of drug-likeness (QED) is 0.253. The SMILES string of the molecule is C=C=CCCCCCCCC(CCC)CCCC. The Morgan fingerprint density at radius 1 is 0.833 bits per heavy atom. The summed E-state index contributed by atoms with van der Waals surface area (Å²) in [7, 11) is 0. The van der Waals surface area contributed by atoms with Crippen LogP contribution < -0.4 is 0 Å². The molecule has 0 aromatic rings. The zero-order valence-corrected chi connectivity index (χ0v) is 12.8. The van der Waals surface area contributed by atoms with Crippen LogP contribution >= 0.6 is 0 Å². The molecule has 1 atom stereocenters. The van der Waals surface area contributed by atoms with Gasteiger partial charge in [0.05, 0.1) is 0 Å². The Morgan fingerprint density at radius 2 is 1.50 bits per heavy atom. The van der Waals surface area contributed by atoms with E-state index >= 15 is 0 Å². The van der Waals surface area contributed by atoms with E-state index in [4.69, 9.17) is 0 Å². The fourth-order valence-corrected chi connectivity index (χ4v) is 2.65. The normalized spacial score (nSPS) is 12.1. The molecule has 0 bridgehead atoms. The van der Waals surface area contributed by atoms with Crippen LogP contribution in [-0.2, 0) is 0 Å². The molecule has 0 nitrogen and oxygen atoms in total. The largest absolute Gasteiger partial charge is 0.133 e. The van der Waals surface area contributed by atoms with E-state index in [-0.39, 0.29) is 0 Å². The Labute approximate surface area is 116 Å². The van der Waals surface area contributed by atoms with Crippen LogP contribution in [0.15, 0.2) is 18.4 Å². The van der Waals surface area contributed by atoms with E-state index in [0.717, 1.165) is 5.92 Å². The van der Waals surface area contributed by atoms with Gasteiger partial charge >= 0.3 is 0 Å². The Hall–Kier alpha value is -0.480. The maximum Gasteiger partial charge on any atom is -0.0275 e. The van der Waals surface area contributed by atoms with Gasteiger partial charge in [0.15, 0.2) is 0 Å². The zero-order valence-electron chi connectivity index (χ0n) is 12.8. The molecule has 0 aromatic carbocycles.